The number of nitrogens with one attached hydrogen (secondary N) is 2. The third-order valence-electron chi connectivity index (χ3n) is 2.57. The van der Waals surface area contributed by atoms with Crippen molar-refractivity contribution in [3.8, 4) is 0 Å². The van der Waals surface area contributed by atoms with Crippen molar-refractivity contribution in [1.82, 2.24) is 9.97 Å². The maximum Gasteiger partial charge on any atom is 0.451 e. The number of hydrogen-bond acceptors (Lipinski definition) is 5. The third kappa shape index (κ3) is 3.38. The Kier molecular flexibility index (Phi) is 4.12. The van der Waals surface area contributed by atoms with E-state index in [0.717, 1.165) is 4.88 Å². The first-order valence-electron chi connectivity index (χ1n) is 5.84. The van der Waals surface area contributed by atoms with E-state index in [9.17, 15) is 13.2 Å². The lowest BCUT2D eigenvalue weighted by Crippen LogP contribution is -2.15. The zero-order valence-electron chi connectivity index (χ0n) is 10.8. The number of thiophene rings is 1. The summed E-state index contributed by atoms with van der Waals surface area (Å²) in [6.07, 6.45) is -4.57. The van der Waals surface area contributed by atoms with Crippen LogP contribution >= 0.6 is 11.3 Å². The second-order valence-electron chi connectivity index (χ2n) is 4.09. The van der Waals surface area contributed by atoms with Crippen molar-refractivity contribution < 1.29 is 13.2 Å². The van der Waals surface area contributed by atoms with Crippen molar-refractivity contribution in [2.24, 2.45) is 0 Å². The fraction of sp³-hybridized carbons (Fsp3) is 0.333. The number of aromatic nitrogens is 2. The molecular weight excluding hydrogens is 289 g/mol. The van der Waals surface area contributed by atoms with Crippen molar-refractivity contribution in [3.05, 3.63) is 34.3 Å². The molecule has 0 aliphatic heterocycles. The van der Waals surface area contributed by atoms with Gasteiger partial charge in [0.05, 0.1) is 6.04 Å². The first-order valence-corrected chi connectivity index (χ1v) is 6.72. The molecule has 108 valence electrons. The molecule has 0 aliphatic rings. The molecule has 2 heterocycles. The van der Waals surface area contributed by atoms with Gasteiger partial charge in [-0.1, -0.05) is 6.07 Å². The molecule has 0 radical (unpaired) electrons. The van der Waals surface area contributed by atoms with Crippen LogP contribution in [0.25, 0.3) is 0 Å². The summed E-state index contributed by atoms with van der Waals surface area (Å²) in [5.41, 5.74) is 0. The van der Waals surface area contributed by atoms with E-state index < -0.39 is 12.0 Å². The number of nitrogens with zero attached hydrogens (tertiary/aromatic N) is 2. The fourth-order valence-corrected chi connectivity index (χ4v) is 2.34. The first-order chi connectivity index (χ1) is 9.40. The lowest BCUT2D eigenvalue weighted by atomic mass is 10.3. The van der Waals surface area contributed by atoms with Crippen LogP contribution in [0, 0.1) is 0 Å². The average molecular weight is 302 g/mol. The highest BCUT2D eigenvalue weighted by atomic mass is 32.1. The molecule has 4 nitrogen and oxygen atoms in total. The SMILES string of the molecule is CNc1cc(NC(C)c2cccs2)nc(C(F)(F)F)n1. The maximum absolute atomic E-state index is 12.7. The lowest BCUT2D eigenvalue weighted by Gasteiger charge is -2.15. The molecule has 0 saturated heterocycles. The number of halogens is 3. The quantitative estimate of drug-likeness (QED) is 0.902. The van der Waals surface area contributed by atoms with Gasteiger partial charge in [-0.05, 0) is 18.4 Å². The molecule has 0 aliphatic carbocycles. The first kappa shape index (κ1) is 14.6. The van der Waals surface area contributed by atoms with Gasteiger partial charge in [0.2, 0.25) is 5.82 Å². The Morgan fingerprint density at radius 1 is 1.25 bits per heavy atom. The van der Waals surface area contributed by atoms with Crippen LogP contribution < -0.4 is 10.6 Å². The third-order valence-corrected chi connectivity index (χ3v) is 3.63. The van der Waals surface area contributed by atoms with E-state index in [2.05, 4.69) is 20.6 Å². The highest BCUT2D eigenvalue weighted by Crippen LogP contribution is 2.29. The molecule has 0 fully saturated rings. The van der Waals surface area contributed by atoms with E-state index in [-0.39, 0.29) is 17.7 Å². The van der Waals surface area contributed by atoms with Crippen LogP contribution in [0.4, 0.5) is 24.8 Å². The molecule has 1 unspecified atom stereocenters. The van der Waals surface area contributed by atoms with Crippen molar-refractivity contribution in [1.29, 1.82) is 0 Å². The van der Waals surface area contributed by atoms with Crippen LogP contribution in [-0.2, 0) is 6.18 Å². The Labute approximate surface area is 118 Å². The molecule has 20 heavy (non-hydrogen) atoms. The molecular formula is C12H13F3N4S. The molecule has 0 bridgehead atoms. The largest absolute Gasteiger partial charge is 0.451 e. The summed E-state index contributed by atoms with van der Waals surface area (Å²) >= 11 is 1.53. The number of anilines is 2. The molecule has 0 saturated carbocycles. The Morgan fingerprint density at radius 3 is 2.50 bits per heavy atom. The normalized spacial score (nSPS) is 13.1. The Bertz CT molecular complexity index is 569. The van der Waals surface area contributed by atoms with E-state index in [1.807, 2.05) is 24.4 Å². The Hall–Kier alpha value is -1.83. The smallest absolute Gasteiger partial charge is 0.373 e. The topological polar surface area (TPSA) is 49.8 Å². The molecule has 2 aromatic rings. The van der Waals surface area contributed by atoms with Crippen molar-refractivity contribution in [3.63, 3.8) is 0 Å². The summed E-state index contributed by atoms with van der Waals surface area (Å²) in [6.45, 7) is 1.86. The van der Waals surface area contributed by atoms with Crippen LogP contribution in [-0.4, -0.2) is 17.0 Å². The summed E-state index contributed by atoms with van der Waals surface area (Å²) in [5, 5.41) is 7.46. The average Bonchev–Trinajstić information content (AvgIpc) is 2.91. The molecule has 1 atom stereocenters. The van der Waals surface area contributed by atoms with Crippen molar-refractivity contribution >= 4 is 23.0 Å². The van der Waals surface area contributed by atoms with E-state index in [4.69, 9.17) is 0 Å². The van der Waals surface area contributed by atoms with E-state index >= 15 is 0 Å². The molecule has 0 spiro atoms. The maximum atomic E-state index is 12.7. The van der Waals surface area contributed by atoms with E-state index in [0.29, 0.717) is 0 Å². The number of alkyl halides is 3. The van der Waals surface area contributed by atoms with Gasteiger partial charge in [0.1, 0.15) is 11.6 Å². The highest BCUT2D eigenvalue weighted by molar-refractivity contribution is 7.10. The van der Waals surface area contributed by atoms with Crippen LogP contribution in [0.3, 0.4) is 0 Å². The molecule has 2 aromatic heterocycles. The van der Waals surface area contributed by atoms with Gasteiger partial charge in [-0.25, -0.2) is 9.97 Å². The molecule has 0 amide bonds. The van der Waals surface area contributed by atoms with Crippen LogP contribution in [0.5, 0.6) is 0 Å². The van der Waals surface area contributed by atoms with E-state index in [1.54, 1.807) is 0 Å². The minimum absolute atomic E-state index is 0.119. The zero-order chi connectivity index (χ0) is 14.8. The molecule has 2 N–H and O–H groups in total. The van der Waals surface area contributed by atoms with Gasteiger partial charge in [-0.2, -0.15) is 13.2 Å². The molecule has 0 aromatic carbocycles. The zero-order valence-corrected chi connectivity index (χ0v) is 11.6. The van der Waals surface area contributed by atoms with E-state index in [1.165, 1.54) is 24.5 Å². The molecule has 2 rings (SSSR count). The van der Waals surface area contributed by atoms with Gasteiger partial charge >= 0.3 is 6.18 Å². The fourth-order valence-electron chi connectivity index (χ4n) is 1.61. The standard InChI is InChI=1S/C12H13F3N4S/c1-7(8-4-3-5-20-8)17-10-6-9(16-2)18-11(19-10)12(13,14)15/h3-7H,1-2H3,(H2,16,17,18,19). The Morgan fingerprint density at radius 2 is 1.95 bits per heavy atom. The molecule has 8 heteroatoms. The minimum Gasteiger partial charge on any atom is -0.373 e. The second-order valence-corrected chi connectivity index (χ2v) is 5.07. The predicted octanol–water partition coefficient (Wildman–Crippen LogP) is 3.77. The van der Waals surface area contributed by atoms with Crippen LogP contribution in [0.2, 0.25) is 0 Å². The summed E-state index contributed by atoms with van der Waals surface area (Å²) in [5.74, 6) is -0.906. The van der Waals surface area contributed by atoms with Crippen LogP contribution in [0.1, 0.15) is 23.7 Å². The number of rotatable bonds is 4. The van der Waals surface area contributed by atoms with Crippen molar-refractivity contribution in [2.45, 2.75) is 19.1 Å². The Balaban J connectivity index is 2.27. The second kappa shape index (κ2) is 5.66. The van der Waals surface area contributed by atoms with Gasteiger partial charge in [0, 0.05) is 18.0 Å². The summed E-state index contributed by atoms with van der Waals surface area (Å²) in [4.78, 5) is 7.95. The van der Waals surface area contributed by atoms with Gasteiger partial charge in [-0.3, -0.25) is 0 Å². The summed E-state index contributed by atoms with van der Waals surface area (Å²) < 4.78 is 38.1. The van der Waals surface area contributed by atoms with Gasteiger partial charge < -0.3 is 10.6 Å². The minimum atomic E-state index is -4.57. The monoisotopic (exact) mass is 302 g/mol. The lowest BCUT2D eigenvalue weighted by molar-refractivity contribution is -0.144. The van der Waals surface area contributed by atoms with Gasteiger partial charge in [0.25, 0.3) is 0 Å². The number of hydrogen-bond donors (Lipinski definition) is 2. The van der Waals surface area contributed by atoms with Crippen LogP contribution in [0.15, 0.2) is 23.6 Å². The summed E-state index contributed by atoms with van der Waals surface area (Å²) in [6, 6.07) is 5.11. The van der Waals surface area contributed by atoms with Gasteiger partial charge in [-0.15, -0.1) is 11.3 Å². The van der Waals surface area contributed by atoms with Gasteiger partial charge in [0.15, 0.2) is 0 Å². The predicted molar refractivity (Wildman–Crippen MR) is 72.9 cm³/mol. The van der Waals surface area contributed by atoms with Crippen molar-refractivity contribution in [2.75, 3.05) is 17.7 Å². The highest BCUT2D eigenvalue weighted by Gasteiger charge is 2.35. The summed E-state index contributed by atoms with van der Waals surface area (Å²) in [7, 11) is 1.51.